The van der Waals surface area contributed by atoms with Crippen LogP contribution in [-0.4, -0.2) is 9.55 Å². The van der Waals surface area contributed by atoms with E-state index in [1.165, 1.54) is 12.1 Å². The van der Waals surface area contributed by atoms with Crippen molar-refractivity contribution >= 4 is 17.0 Å². The second-order valence-electron chi connectivity index (χ2n) is 4.47. The van der Waals surface area contributed by atoms with Gasteiger partial charge < -0.3 is 10.3 Å². The van der Waals surface area contributed by atoms with Gasteiger partial charge in [0.1, 0.15) is 17.4 Å². The molecular weight excluding hydrogens is 255 g/mol. The Morgan fingerprint density at radius 1 is 1.20 bits per heavy atom. The van der Waals surface area contributed by atoms with E-state index in [0.29, 0.717) is 23.6 Å². The number of nitrogen functional groups attached to an aromatic ring is 1. The van der Waals surface area contributed by atoms with Crippen LogP contribution in [0.25, 0.3) is 11.0 Å². The van der Waals surface area contributed by atoms with E-state index < -0.39 is 0 Å². The van der Waals surface area contributed by atoms with Gasteiger partial charge in [0.25, 0.3) is 0 Å². The number of fused-ring (bicyclic) bond motifs is 1. The van der Waals surface area contributed by atoms with Crippen LogP contribution >= 0.6 is 0 Å². The molecule has 0 saturated heterocycles. The highest BCUT2D eigenvalue weighted by atomic mass is 19.1. The number of benzene rings is 2. The molecule has 0 radical (unpaired) electrons. The highest BCUT2D eigenvalue weighted by Gasteiger charge is 2.11. The lowest BCUT2D eigenvalue weighted by molar-refractivity contribution is 0.626. The Hall–Kier alpha value is -2.87. The number of para-hydroxylation sites is 1. The molecule has 0 fully saturated rings. The summed E-state index contributed by atoms with van der Waals surface area (Å²) in [5, 5.41) is 9.07. The summed E-state index contributed by atoms with van der Waals surface area (Å²) >= 11 is 0. The van der Waals surface area contributed by atoms with E-state index in [-0.39, 0.29) is 5.82 Å². The number of nitrogens with two attached hydrogens (primary N) is 1. The molecule has 0 spiro atoms. The average molecular weight is 266 g/mol. The first-order valence-electron chi connectivity index (χ1n) is 6.08. The maximum Gasteiger partial charge on any atom is 0.201 e. The number of hydrogen-bond acceptors (Lipinski definition) is 3. The summed E-state index contributed by atoms with van der Waals surface area (Å²) in [6, 6.07) is 13.7. The van der Waals surface area contributed by atoms with Crippen molar-refractivity contribution in [2.75, 3.05) is 5.73 Å². The predicted octanol–water partition coefficient (Wildman–Crippen LogP) is 2.68. The van der Waals surface area contributed by atoms with Gasteiger partial charge in [0, 0.05) is 0 Å². The van der Waals surface area contributed by atoms with Crippen LogP contribution in [0.1, 0.15) is 11.1 Å². The number of rotatable bonds is 2. The molecule has 5 heteroatoms. The smallest absolute Gasteiger partial charge is 0.201 e. The summed E-state index contributed by atoms with van der Waals surface area (Å²) in [5.74, 6) is 0.0657. The lowest BCUT2D eigenvalue weighted by Gasteiger charge is -2.06. The lowest BCUT2D eigenvalue weighted by Crippen LogP contribution is -2.04. The first-order valence-corrected chi connectivity index (χ1v) is 6.08. The lowest BCUT2D eigenvalue weighted by atomic mass is 10.2. The van der Waals surface area contributed by atoms with E-state index in [4.69, 9.17) is 11.0 Å². The van der Waals surface area contributed by atoms with Gasteiger partial charge in [-0.15, -0.1) is 0 Å². The molecule has 0 bridgehead atoms. The predicted molar refractivity (Wildman–Crippen MR) is 74.4 cm³/mol. The largest absolute Gasteiger partial charge is 0.369 e. The molecule has 0 unspecified atom stereocenters. The van der Waals surface area contributed by atoms with Crippen LogP contribution in [0.5, 0.6) is 0 Å². The average Bonchev–Trinajstić information content (AvgIpc) is 2.77. The molecule has 0 aliphatic heterocycles. The van der Waals surface area contributed by atoms with E-state index in [1.807, 2.05) is 10.6 Å². The van der Waals surface area contributed by atoms with Crippen molar-refractivity contribution in [3.05, 3.63) is 59.4 Å². The monoisotopic (exact) mass is 266 g/mol. The first-order chi connectivity index (χ1) is 9.69. The van der Waals surface area contributed by atoms with Crippen molar-refractivity contribution in [3.63, 3.8) is 0 Å². The van der Waals surface area contributed by atoms with Crippen molar-refractivity contribution in [2.24, 2.45) is 0 Å². The number of anilines is 1. The van der Waals surface area contributed by atoms with E-state index in [2.05, 4.69) is 11.1 Å². The quantitative estimate of drug-likeness (QED) is 0.775. The van der Waals surface area contributed by atoms with Gasteiger partial charge in [-0.2, -0.15) is 5.26 Å². The maximum atomic E-state index is 12.9. The third-order valence-electron chi connectivity index (χ3n) is 3.18. The molecule has 98 valence electrons. The number of nitrogens with zero attached hydrogens (tertiary/aromatic N) is 3. The molecule has 2 N–H and O–H groups in total. The molecule has 0 amide bonds. The second-order valence-corrected chi connectivity index (χ2v) is 4.47. The normalized spacial score (nSPS) is 10.6. The number of imidazole rings is 1. The van der Waals surface area contributed by atoms with Gasteiger partial charge in [0.05, 0.1) is 17.6 Å². The van der Waals surface area contributed by atoms with Crippen LogP contribution in [-0.2, 0) is 6.54 Å². The second kappa shape index (κ2) is 4.67. The zero-order valence-corrected chi connectivity index (χ0v) is 10.5. The third kappa shape index (κ3) is 1.97. The van der Waals surface area contributed by atoms with Crippen molar-refractivity contribution in [3.8, 4) is 6.07 Å². The Morgan fingerprint density at radius 3 is 2.65 bits per heavy atom. The van der Waals surface area contributed by atoms with Gasteiger partial charge >= 0.3 is 0 Å². The molecule has 0 saturated carbocycles. The Bertz CT molecular complexity index is 812. The fourth-order valence-electron chi connectivity index (χ4n) is 2.19. The molecule has 4 nitrogen and oxygen atoms in total. The molecule has 2 aromatic carbocycles. The molecule has 0 atom stereocenters. The third-order valence-corrected chi connectivity index (χ3v) is 3.18. The number of hydrogen-bond donors (Lipinski definition) is 1. The molecular formula is C15H11FN4. The van der Waals surface area contributed by atoms with Crippen molar-refractivity contribution in [1.29, 1.82) is 5.26 Å². The fraction of sp³-hybridized carbons (Fsp3) is 0.0667. The van der Waals surface area contributed by atoms with Gasteiger partial charge in [-0.3, -0.25) is 0 Å². The van der Waals surface area contributed by atoms with E-state index >= 15 is 0 Å². The number of aromatic nitrogens is 2. The minimum atomic E-state index is -0.274. The van der Waals surface area contributed by atoms with Crippen LogP contribution in [0.4, 0.5) is 10.3 Å². The van der Waals surface area contributed by atoms with Crippen LogP contribution in [0.2, 0.25) is 0 Å². The zero-order valence-electron chi connectivity index (χ0n) is 10.5. The van der Waals surface area contributed by atoms with Crippen LogP contribution < -0.4 is 5.73 Å². The molecule has 0 aliphatic carbocycles. The summed E-state index contributed by atoms with van der Waals surface area (Å²) in [6.45, 7) is 0.484. The zero-order chi connectivity index (χ0) is 14.1. The van der Waals surface area contributed by atoms with Crippen molar-refractivity contribution in [2.45, 2.75) is 6.54 Å². The van der Waals surface area contributed by atoms with Gasteiger partial charge in [0.15, 0.2) is 0 Å². The van der Waals surface area contributed by atoms with Gasteiger partial charge in [-0.05, 0) is 29.8 Å². The summed E-state index contributed by atoms with van der Waals surface area (Å²) in [6.07, 6.45) is 0. The summed E-state index contributed by atoms with van der Waals surface area (Å²) in [4.78, 5) is 4.24. The SMILES string of the molecule is N#Cc1cccc2c1nc(N)n2Cc1ccc(F)cc1. The highest BCUT2D eigenvalue weighted by molar-refractivity contribution is 5.84. The Balaban J connectivity index is 2.10. The summed E-state index contributed by atoms with van der Waals surface area (Å²) < 4.78 is 14.7. The first kappa shape index (κ1) is 12.2. The molecule has 20 heavy (non-hydrogen) atoms. The molecule has 1 heterocycles. The van der Waals surface area contributed by atoms with Crippen LogP contribution in [0, 0.1) is 17.1 Å². The maximum absolute atomic E-state index is 12.9. The number of nitriles is 1. The van der Waals surface area contributed by atoms with E-state index in [9.17, 15) is 4.39 Å². The molecule has 1 aromatic heterocycles. The molecule has 0 aliphatic rings. The molecule has 3 aromatic rings. The van der Waals surface area contributed by atoms with Gasteiger partial charge in [-0.1, -0.05) is 18.2 Å². The van der Waals surface area contributed by atoms with Crippen LogP contribution in [0.3, 0.4) is 0 Å². The molecule has 3 rings (SSSR count). The highest BCUT2D eigenvalue weighted by Crippen LogP contribution is 2.22. The van der Waals surface area contributed by atoms with Crippen molar-refractivity contribution < 1.29 is 4.39 Å². The standard InChI is InChI=1S/C15H11FN4/c16-12-6-4-10(5-7-12)9-20-13-3-1-2-11(8-17)14(13)19-15(20)18/h1-7H,9H2,(H2,18,19). The summed E-state index contributed by atoms with van der Waals surface area (Å²) in [7, 11) is 0. The van der Waals surface area contributed by atoms with E-state index in [0.717, 1.165) is 11.1 Å². The van der Waals surface area contributed by atoms with E-state index in [1.54, 1.807) is 24.3 Å². The van der Waals surface area contributed by atoms with Crippen molar-refractivity contribution in [1.82, 2.24) is 9.55 Å². The Labute approximate surface area is 114 Å². The minimum Gasteiger partial charge on any atom is -0.369 e. The van der Waals surface area contributed by atoms with Crippen LogP contribution in [0.15, 0.2) is 42.5 Å². The Kier molecular flexibility index (Phi) is 2.84. The van der Waals surface area contributed by atoms with Gasteiger partial charge in [-0.25, -0.2) is 9.37 Å². The van der Waals surface area contributed by atoms with Gasteiger partial charge in [0.2, 0.25) is 5.95 Å². The fourth-order valence-corrected chi connectivity index (χ4v) is 2.19. The minimum absolute atomic E-state index is 0.274. The topological polar surface area (TPSA) is 67.6 Å². The number of halogens is 1. The summed E-state index contributed by atoms with van der Waals surface area (Å²) in [5.41, 5.74) is 8.72. The Morgan fingerprint density at radius 2 is 1.95 bits per heavy atom.